The van der Waals surface area contributed by atoms with E-state index in [1.807, 2.05) is 18.2 Å². The molecular formula is C20H26Br2ClNO2. The van der Waals surface area contributed by atoms with Crippen LogP contribution in [0.15, 0.2) is 51.4 Å². The molecule has 0 saturated carbocycles. The van der Waals surface area contributed by atoms with Gasteiger partial charge in [0.1, 0.15) is 12.4 Å². The van der Waals surface area contributed by atoms with E-state index < -0.39 is 0 Å². The van der Waals surface area contributed by atoms with E-state index in [0.29, 0.717) is 12.7 Å². The zero-order valence-corrected chi connectivity index (χ0v) is 19.1. The maximum Gasteiger partial charge on any atom is 0.148 e. The average molecular weight is 508 g/mol. The van der Waals surface area contributed by atoms with Crippen molar-refractivity contribution in [3.05, 3.63) is 62.5 Å². The van der Waals surface area contributed by atoms with E-state index in [0.717, 1.165) is 46.4 Å². The van der Waals surface area contributed by atoms with E-state index in [-0.39, 0.29) is 12.4 Å². The first-order valence-electron chi connectivity index (χ1n) is 8.53. The highest BCUT2D eigenvalue weighted by Gasteiger charge is 2.09. The zero-order chi connectivity index (χ0) is 18.1. The second kappa shape index (κ2) is 12.7. The number of hydrogen-bond donors (Lipinski definition) is 1. The second-order valence-electron chi connectivity index (χ2n) is 6.11. The standard InChI is InChI=1S/C20H25Br2NO2.ClH/c1-15(2)24-10-6-9-23-13-17-11-18(21)20(19(22)12-17)25-14-16-7-4-3-5-8-16;/h3-5,7-8,11-12,15,23H,6,9-10,13-14H2,1-2H3;1H. The number of benzene rings is 2. The van der Waals surface area contributed by atoms with Crippen LogP contribution in [-0.2, 0) is 17.9 Å². The van der Waals surface area contributed by atoms with E-state index in [2.05, 4.69) is 75.3 Å². The Morgan fingerprint density at radius 3 is 2.27 bits per heavy atom. The molecule has 144 valence electrons. The molecule has 2 aromatic carbocycles. The Bertz CT molecular complexity index is 631. The van der Waals surface area contributed by atoms with E-state index in [9.17, 15) is 0 Å². The van der Waals surface area contributed by atoms with Crippen molar-refractivity contribution in [1.82, 2.24) is 5.32 Å². The molecule has 2 aromatic rings. The fourth-order valence-electron chi connectivity index (χ4n) is 2.33. The van der Waals surface area contributed by atoms with Crippen molar-refractivity contribution in [3.63, 3.8) is 0 Å². The van der Waals surface area contributed by atoms with Crippen molar-refractivity contribution in [3.8, 4) is 5.75 Å². The molecular weight excluding hydrogens is 481 g/mol. The van der Waals surface area contributed by atoms with Gasteiger partial charge in [0, 0.05) is 13.2 Å². The molecule has 0 aliphatic rings. The molecule has 0 saturated heterocycles. The summed E-state index contributed by atoms with van der Waals surface area (Å²) in [7, 11) is 0. The van der Waals surface area contributed by atoms with Crippen molar-refractivity contribution in [2.24, 2.45) is 0 Å². The predicted octanol–water partition coefficient (Wildman–Crippen LogP) is 6.12. The lowest BCUT2D eigenvalue weighted by Gasteiger charge is -2.13. The largest absolute Gasteiger partial charge is 0.487 e. The second-order valence-corrected chi connectivity index (χ2v) is 7.82. The third-order valence-corrected chi connectivity index (χ3v) is 4.74. The minimum absolute atomic E-state index is 0. The fraction of sp³-hybridized carbons (Fsp3) is 0.400. The summed E-state index contributed by atoms with van der Waals surface area (Å²) >= 11 is 7.24. The molecule has 0 bridgehead atoms. The Balaban J connectivity index is 0.00000338. The van der Waals surface area contributed by atoms with Crippen LogP contribution < -0.4 is 10.1 Å². The van der Waals surface area contributed by atoms with Crippen LogP contribution in [0.2, 0.25) is 0 Å². The third kappa shape index (κ3) is 8.40. The summed E-state index contributed by atoms with van der Waals surface area (Å²) in [6, 6.07) is 14.4. The molecule has 0 aliphatic carbocycles. The van der Waals surface area contributed by atoms with E-state index in [1.54, 1.807) is 0 Å². The molecule has 1 N–H and O–H groups in total. The maximum atomic E-state index is 5.96. The van der Waals surface area contributed by atoms with Crippen LogP contribution in [0.4, 0.5) is 0 Å². The molecule has 0 amide bonds. The first kappa shape index (κ1) is 23.4. The Kier molecular flexibility index (Phi) is 11.5. The normalized spacial score (nSPS) is 10.7. The van der Waals surface area contributed by atoms with E-state index in [1.165, 1.54) is 5.56 Å². The van der Waals surface area contributed by atoms with E-state index >= 15 is 0 Å². The first-order valence-corrected chi connectivity index (χ1v) is 10.1. The number of halogens is 3. The molecule has 6 heteroatoms. The maximum absolute atomic E-state index is 5.96. The van der Waals surface area contributed by atoms with Crippen LogP contribution in [0.3, 0.4) is 0 Å². The Hall–Kier alpha value is -0.590. The van der Waals surface area contributed by atoms with Gasteiger partial charge < -0.3 is 14.8 Å². The lowest BCUT2D eigenvalue weighted by Crippen LogP contribution is -2.17. The number of ether oxygens (including phenoxy) is 2. The first-order chi connectivity index (χ1) is 12.1. The third-order valence-electron chi connectivity index (χ3n) is 3.56. The molecule has 0 atom stereocenters. The molecule has 0 unspecified atom stereocenters. The van der Waals surface area contributed by atoms with Gasteiger partial charge in [0.05, 0.1) is 15.0 Å². The number of nitrogens with one attached hydrogen (secondary N) is 1. The summed E-state index contributed by atoms with van der Waals surface area (Å²) in [5.41, 5.74) is 2.35. The SMILES string of the molecule is CC(C)OCCCNCc1cc(Br)c(OCc2ccccc2)c(Br)c1.Cl. The van der Waals surface area contributed by atoms with Gasteiger partial charge in [0.15, 0.2) is 0 Å². The molecule has 0 radical (unpaired) electrons. The van der Waals surface area contributed by atoms with Crippen LogP contribution in [0, 0.1) is 0 Å². The quantitative estimate of drug-likeness (QED) is 0.393. The van der Waals surface area contributed by atoms with Gasteiger partial charge in [-0.25, -0.2) is 0 Å². The Morgan fingerprint density at radius 2 is 1.65 bits per heavy atom. The van der Waals surface area contributed by atoms with Gasteiger partial charge in [0.2, 0.25) is 0 Å². The van der Waals surface area contributed by atoms with E-state index in [4.69, 9.17) is 9.47 Å². The highest BCUT2D eigenvalue weighted by molar-refractivity contribution is 9.11. The van der Waals surface area contributed by atoms with Crippen molar-refractivity contribution < 1.29 is 9.47 Å². The summed E-state index contributed by atoms with van der Waals surface area (Å²) < 4.78 is 13.4. The van der Waals surface area contributed by atoms with Gasteiger partial charge in [-0.1, -0.05) is 30.3 Å². The summed E-state index contributed by atoms with van der Waals surface area (Å²) in [6.07, 6.45) is 1.31. The smallest absolute Gasteiger partial charge is 0.148 e. The van der Waals surface area contributed by atoms with Gasteiger partial charge in [-0.05, 0) is 81.9 Å². The predicted molar refractivity (Wildman–Crippen MR) is 117 cm³/mol. The van der Waals surface area contributed by atoms with Gasteiger partial charge in [-0.3, -0.25) is 0 Å². The fourth-order valence-corrected chi connectivity index (χ4v) is 3.84. The Labute approximate surface area is 179 Å². The van der Waals surface area contributed by atoms with Crippen LogP contribution >= 0.6 is 44.3 Å². The van der Waals surface area contributed by atoms with Gasteiger partial charge in [-0.15, -0.1) is 12.4 Å². The zero-order valence-electron chi connectivity index (χ0n) is 15.1. The average Bonchev–Trinajstić information content (AvgIpc) is 2.58. The molecule has 0 spiro atoms. The summed E-state index contributed by atoms with van der Waals surface area (Å²) in [5, 5.41) is 3.44. The number of hydrogen-bond acceptors (Lipinski definition) is 3. The monoisotopic (exact) mass is 505 g/mol. The lowest BCUT2D eigenvalue weighted by molar-refractivity contribution is 0.0770. The Morgan fingerprint density at radius 1 is 1.00 bits per heavy atom. The molecule has 0 aromatic heterocycles. The molecule has 0 heterocycles. The topological polar surface area (TPSA) is 30.5 Å². The summed E-state index contributed by atoms with van der Waals surface area (Å²) in [4.78, 5) is 0. The highest BCUT2D eigenvalue weighted by Crippen LogP contribution is 2.35. The van der Waals surface area contributed by atoms with Crippen LogP contribution in [-0.4, -0.2) is 19.3 Å². The van der Waals surface area contributed by atoms with Gasteiger partial charge >= 0.3 is 0 Å². The van der Waals surface area contributed by atoms with Gasteiger partial charge in [-0.2, -0.15) is 0 Å². The molecule has 3 nitrogen and oxygen atoms in total. The molecule has 26 heavy (non-hydrogen) atoms. The van der Waals surface area contributed by atoms with Crippen LogP contribution in [0.25, 0.3) is 0 Å². The number of rotatable bonds is 10. The summed E-state index contributed by atoms with van der Waals surface area (Å²) in [6.45, 7) is 7.22. The van der Waals surface area contributed by atoms with Gasteiger partial charge in [0.25, 0.3) is 0 Å². The van der Waals surface area contributed by atoms with Crippen molar-refractivity contribution in [1.29, 1.82) is 0 Å². The summed E-state index contributed by atoms with van der Waals surface area (Å²) in [5.74, 6) is 0.831. The lowest BCUT2D eigenvalue weighted by atomic mass is 10.2. The van der Waals surface area contributed by atoms with Crippen LogP contribution in [0.1, 0.15) is 31.4 Å². The minimum Gasteiger partial charge on any atom is -0.487 e. The highest BCUT2D eigenvalue weighted by atomic mass is 79.9. The molecule has 0 fully saturated rings. The minimum atomic E-state index is 0. The molecule has 2 rings (SSSR count). The molecule has 0 aliphatic heterocycles. The van der Waals surface area contributed by atoms with Crippen molar-refractivity contribution >= 4 is 44.3 Å². The van der Waals surface area contributed by atoms with Crippen molar-refractivity contribution in [2.45, 2.75) is 39.5 Å². The van der Waals surface area contributed by atoms with Crippen LogP contribution in [0.5, 0.6) is 5.75 Å². The van der Waals surface area contributed by atoms with Crippen molar-refractivity contribution in [2.75, 3.05) is 13.2 Å².